The van der Waals surface area contributed by atoms with Crippen molar-refractivity contribution < 1.29 is 9.85 Å². The molecule has 0 unspecified atom stereocenters. The first-order valence-electron chi connectivity index (χ1n) is 8.20. The number of rotatable bonds is 6. The number of nitro groups is 2. The number of nitrogens with zero attached hydrogens (tertiary/aromatic N) is 4. The van der Waals surface area contributed by atoms with Crippen molar-refractivity contribution in [3.05, 3.63) is 103 Å². The fourth-order valence-electron chi connectivity index (χ4n) is 2.31. The summed E-state index contributed by atoms with van der Waals surface area (Å²) < 4.78 is 0. The van der Waals surface area contributed by atoms with E-state index in [4.69, 9.17) is 0 Å². The summed E-state index contributed by atoms with van der Waals surface area (Å²) in [6, 6.07) is 16.0. The maximum atomic E-state index is 10.6. The first kappa shape index (κ1) is 18.6. The van der Waals surface area contributed by atoms with Gasteiger partial charge in [0.2, 0.25) is 0 Å². The molecule has 28 heavy (non-hydrogen) atoms. The van der Waals surface area contributed by atoms with Gasteiger partial charge in [-0.25, -0.2) is 0 Å². The van der Waals surface area contributed by atoms with Crippen LogP contribution in [0.5, 0.6) is 0 Å². The minimum Gasteiger partial charge on any atom is -0.258 e. The molecule has 0 aliphatic carbocycles. The van der Waals surface area contributed by atoms with Gasteiger partial charge in [0.05, 0.1) is 21.2 Å². The number of benzene rings is 2. The zero-order valence-electron chi connectivity index (χ0n) is 14.5. The fourth-order valence-corrected chi connectivity index (χ4v) is 2.31. The largest absolute Gasteiger partial charge is 0.269 e. The summed E-state index contributed by atoms with van der Waals surface area (Å²) >= 11 is 0. The lowest BCUT2D eigenvalue weighted by molar-refractivity contribution is -0.385. The van der Waals surface area contributed by atoms with E-state index in [1.165, 1.54) is 24.3 Å². The van der Waals surface area contributed by atoms with Crippen LogP contribution in [0.15, 0.2) is 60.7 Å². The van der Waals surface area contributed by atoms with Gasteiger partial charge in [0.15, 0.2) is 0 Å². The summed E-state index contributed by atoms with van der Waals surface area (Å²) in [7, 11) is 0. The van der Waals surface area contributed by atoms with Crippen LogP contribution in [0.4, 0.5) is 11.4 Å². The first-order chi connectivity index (χ1) is 13.5. The molecule has 0 saturated heterocycles. The summed E-state index contributed by atoms with van der Waals surface area (Å²) in [6.07, 6.45) is 7.11. The Balaban J connectivity index is 1.64. The van der Waals surface area contributed by atoms with E-state index in [1.807, 2.05) is 0 Å². The second-order valence-electron chi connectivity index (χ2n) is 5.75. The summed E-state index contributed by atoms with van der Waals surface area (Å²) in [4.78, 5) is 20.4. The molecule has 8 heteroatoms. The highest BCUT2D eigenvalue weighted by Gasteiger charge is 2.03. The van der Waals surface area contributed by atoms with E-state index in [-0.39, 0.29) is 11.4 Å². The monoisotopic (exact) mass is 374 g/mol. The second-order valence-corrected chi connectivity index (χ2v) is 5.75. The van der Waals surface area contributed by atoms with Gasteiger partial charge in [-0.3, -0.25) is 20.2 Å². The highest BCUT2D eigenvalue weighted by atomic mass is 16.6. The molecular weight excluding hydrogens is 360 g/mol. The molecule has 3 rings (SSSR count). The Bertz CT molecular complexity index is 955. The Labute approximate surface area is 159 Å². The maximum absolute atomic E-state index is 10.6. The molecule has 0 amide bonds. The lowest BCUT2D eigenvalue weighted by Crippen LogP contribution is -1.89. The van der Waals surface area contributed by atoms with Crippen molar-refractivity contribution >= 4 is 35.7 Å². The van der Waals surface area contributed by atoms with Gasteiger partial charge in [-0.2, -0.15) is 10.2 Å². The van der Waals surface area contributed by atoms with Crippen LogP contribution >= 0.6 is 0 Å². The van der Waals surface area contributed by atoms with Crippen molar-refractivity contribution in [3.8, 4) is 0 Å². The van der Waals surface area contributed by atoms with Gasteiger partial charge in [0.25, 0.3) is 11.4 Å². The van der Waals surface area contributed by atoms with Gasteiger partial charge in [0, 0.05) is 24.3 Å². The first-order valence-corrected chi connectivity index (χ1v) is 8.20. The molecule has 0 aliphatic heterocycles. The number of hydrogen-bond donors (Lipinski definition) is 0. The molecule has 3 aromatic rings. The van der Waals surface area contributed by atoms with Crippen LogP contribution in [0.1, 0.15) is 22.5 Å². The van der Waals surface area contributed by atoms with Crippen molar-refractivity contribution in [1.29, 1.82) is 0 Å². The average Bonchev–Trinajstić information content (AvgIpc) is 2.72. The Morgan fingerprint density at radius 3 is 1.21 bits per heavy atom. The fraction of sp³-hybridized carbons (Fsp3) is 0. The predicted molar refractivity (Wildman–Crippen MR) is 106 cm³/mol. The Morgan fingerprint density at radius 2 is 0.929 bits per heavy atom. The van der Waals surface area contributed by atoms with Gasteiger partial charge in [-0.1, -0.05) is 12.2 Å². The molecule has 8 nitrogen and oxygen atoms in total. The third kappa shape index (κ3) is 4.92. The molecule has 0 aliphatic rings. The van der Waals surface area contributed by atoms with Gasteiger partial charge < -0.3 is 0 Å². The van der Waals surface area contributed by atoms with Crippen LogP contribution in [-0.2, 0) is 0 Å². The smallest absolute Gasteiger partial charge is 0.258 e. The lowest BCUT2D eigenvalue weighted by Gasteiger charge is -1.96. The molecule has 0 N–H and O–H groups in total. The molecular formula is C20H14N4O4. The van der Waals surface area contributed by atoms with Gasteiger partial charge in [-0.05, 0) is 59.7 Å². The van der Waals surface area contributed by atoms with Crippen molar-refractivity contribution in [2.75, 3.05) is 0 Å². The minimum absolute atomic E-state index is 0.0427. The number of nitro benzene ring substituents is 2. The summed E-state index contributed by atoms with van der Waals surface area (Å²) in [6.45, 7) is 0. The topological polar surface area (TPSA) is 112 Å². The van der Waals surface area contributed by atoms with E-state index in [2.05, 4.69) is 10.2 Å². The van der Waals surface area contributed by atoms with E-state index in [9.17, 15) is 20.2 Å². The molecule has 0 saturated carbocycles. The lowest BCUT2D eigenvalue weighted by atomic mass is 10.1. The standard InChI is InChI=1S/C20H14N4O4/c25-23(26)19-11-3-15(4-12-19)1-7-17-9-10-18(22-21-17)8-2-16-5-13-20(14-6-16)24(27)28/h1-14H/b7-1+,8-2+. The number of aromatic nitrogens is 2. The van der Waals surface area contributed by atoms with Gasteiger partial charge in [0.1, 0.15) is 0 Å². The molecule has 0 spiro atoms. The second kappa shape index (κ2) is 8.45. The van der Waals surface area contributed by atoms with Crippen LogP contribution in [0.3, 0.4) is 0 Å². The molecule has 1 aromatic heterocycles. The van der Waals surface area contributed by atoms with Gasteiger partial charge in [-0.15, -0.1) is 0 Å². The predicted octanol–water partition coefficient (Wildman–Crippen LogP) is 4.63. The molecule has 0 bridgehead atoms. The Kier molecular flexibility index (Phi) is 5.61. The molecule has 2 aromatic carbocycles. The number of hydrogen-bond acceptors (Lipinski definition) is 6. The Morgan fingerprint density at radius 1 is 0.571 bits per heavy atom. The van der Waals surface area contributed by atoms with Crippen LogP contribution in [0.25, 0.3) is 24.3 Å². The van der Waals surface area contributed by atoms with Crippen molar-refractivity contribution in [2.24, 2.45) is 0 Å². The Hall–Kier alpha value is -4.20. The average molecular weight is 374 g/mol. The van der Waals surface area contributed by atoms with Gasteiger partial charge >= 0.3 is 0 Å². The molecule has 1 heterocycles. The van der Waals surface area contributed by atoms with Crippen molar-refractivity contribution in [2.45, 2.75) is 0 Å². The molecule has 0 fully saturated rings. The zero-order valence-corrected chi connectivity index (χ0v) is 14.5. The normalized spacial score (nSPS) is 11.1. The third-order valence-electron chi connectivity index (χ3n) is 3.81. The quantitative estimate of drug-likeness (QED) is 0.459. The summed E-state index contributed by atoms with van der Waals surface area (Å²) in [5, 5.41) is 29.5. The zero-order chi connectivity index (χ0) is 19.9. The molecule has 0 radical (unpaired) electrons. The van der Waals surface area contributed by atoms with E-state index in [0.29, 0.717) is 11.4 Å². The summed E-state index contributed by atoms with van der Waals surface area (Å²) in [5.41, 5.74) is 3.00. The van der Waals surface area contributed by atoms with Crippen LogP contribution < -0.4 is 0 Å². The SMILES string of the molecule is O=[N+]([O-])c1ccc(/C=C/c2ccc(/C=C/c3ccc([N+](=O)[O-])cc3)nn2)cc1. The molecule has 0 atom stereocenters. The van der Waals surface area contributed by atoms with E-state index >= 15 is 0 Å². The summed E-state index contributed by atoms with van der Waals surface area (Å²) in [5.74, 6) is 0. The van der Waals surface area contributed by atoms with E-state index < -0.39 is 9.85 Å². The number of non-ortho nitro benzene ring substituents is 2. The van der Waals surface area contributed by atoms with Crippen LogP contribution in [0, 0.1) is 20.2 Å². The molecule has 138 valence electrons. The maximum Gasteiger partial charge on any atom is 0.269 e. The van der Waals surface area contributed by atoms with Crippen LogP contribution in [0.2, 0.25) is 0 Å². The van der Waals surface area contributed by atoms with Crippen LogP contribution in [-0.4, -0.2) is 20.0 Å². The van der Waals surface area contributed by atoms with E-state index in [0.717, 1.165) is 11.1 Å². The van der Waals surface area contributed by atoms with Crippen molar-refractivity contribution in [1.82, 2.24) is 10.2 Å². The minimum atomic E-state index is -0.443. The highest BCUT2D eigenvalue weighted by Crippen LogP contribution is 2.15. The van der Waals surface area contributed by atoms with E-state index in [1.54, 1.807) is 60.7 Å². The highest BCUT2D eigenvalue weighted by molar-refractivity contribution is 5.70. The third-order valence-corrected chi connectivity index (χ3v) is 3.81. The van der Waals surface area contributed by atoms with Crippen molar-refractivity contribution in [3.63, 3.8) is 0 Å².